The maximum atomic E-state index is 11.3. The first-order valence-corrected chi connectivity index (χ1v) is 13.1. The van der Waals surface area contributed by atoms with Gasteiger partial charge in [-0.3, -0.25) is 4.79 Å². The van der Waals surface area contributed by atoms with Crippen molar-refractivity contribution in [2.75, 3.05) is 19.8 Å². The minimum atomic E-state index is -0.994. The Morgan fingerprint density at radius 2 is 1.73 bits per heavy atom. The van der Waals surface area contributed by atoms with E-state index in [0.717, 1.165) is 31.6 Å². The van der Waals surface area contributed by atoms with Gasteiger partial charge in [0.25, 0.3) is 0 Å². The molecule has 1 rings (SSSR count). The number of amides is 1. The van der Waals surface area contributed by atoms with Gasteiger partial charge in [0.05, 0.1) is 25.4 Å². The number of aliphatic hydroxyl groups is 2. The highest BCUT2D eigenvalue weighted by Gasteiger charge is 2.28. The molecule has 0 fully saturated rings. The molecule has 0 saturated heterocycles. The van der Waals surface area contributed by atoms with Gasteiger partial charge >= 0.3 is 0 Å². The Morgan fingerprint density at radius 3 is 2.23 bits per heavy atom. The Balaban J connectivity index is 2.41. The Hall–Kier alpha value is -1.37. The lowest BCUT2D eigenvalue weighted by molar-refractivity contribution is -0.122. The molecule has 0 atom stereocenters. The summed E-state index contributed by atoms with van der Waals surface area (Å²) >= 11 is 0. The number of aryl methyl sites for hydroxylation is 1. The minimum absolute atomic E-state index is 0.247. The van der Waals surface area contributed by atoms with Crippen molar-refractivity contribution in [2.24, 2.45) is 0 Å². The monoisotopic (exact) mass is 381 g/mol. The number of carbonyl (C=O) groups is 1. The zero-order valence-electron chi connectivity index (χ0n) is 16.7. The number of hydrogen-bond donors (Lipinski definition) is 3. The lowest BCUT2D eigenvalue weighted by Crippen LogP contribution is -2.53. The summed E-state index contributed by atoms with van der Waals surface area (Å²) in [4.78, 5) is 11.3. The predicted octanol–water partition coefficient (Wildman–Crippen LogP) is 2.98. The second-order valence-electron chi connectivity index (χ2n) is 8.29. The molecule has 1 amide bonds. The average molecular weight is 382 g/mol. The third kappa shape index (κ3) is 8.83. The molecule has 6 heteroatoms. The van der Waals surface area contributed by atoms with E-state index in [1.807, 2.05) is 24.3 Å². The molecule has 3 N–H and O–H groups in total. The van der Waals surface area contributed by atoms with Gasteiger partial charge in [-0.2, -0.15) is 0 Å². The number of aliphatic hydroxyl groups excluding tert-OH is 2. The maximum Gasteiger partial charge on any atom is 0.217 e. The molecule has 1 aromatic carbocycles. The van der Waals surface area contributed by atoms with Crippen LogP contribution in [0, 0.1) is 0 Å². The van der Waals surface area contributed by atoms with E-state index < -0.39 is 13.6 Å². The van der Waals surface area contributed by atoms with Crippen LogP contribution in [-0.2, 0) is 11.2 Å². The van der Waals surface area contributed by atoms with Crippen LogP contribution in [0.5, 0.6) is 5.75 Å². The van der Waals surface area contributed by atoms with Crippen LogP contribution in [0.4, 0.5) is 0 Å². The van der Waals surface area contributed by atoms with Gasteiger partial charge in [0.2, 0.25) is 5.91 Å². The van der Waals surface area contributed by atoms with E-state index in [1.165, 1.54) is 18.5 Å². The van der Waals surface area contributed by atoms with Gasteiger partial charge in [0, 0.05) is 15.0 Å². The van der Waals surface area contributed by atoms with Gasteiger partial charge in [-0.05, 0) is 43.4 Å². The molecule has 0 spiro atoms. The van der Waals surface area contributed by atoms with Crippen LogP contribution in [0.15, 0.2) is 24.3 Å². The molecule has 5 nitrogen and oxygen atoms in total. The largest absolute Gasteiger partial charge is 0.494 e. The van der Waals surface area contributed by atoms with Gasteiger partial charge < -0.3 is 20.3 Å². The van der Waals surface area contributed by atoms with Gasteiger partial charge in [0.1, 0.15) is 5.75 Å². The summed E-state index contributed by atoms with van der Waals surface area (Å²) < 4.78 is 5.80. The van der Waals surface area contributed by atoms with Crippen molar-refractivity contribution in [3.8, 4) is 5.75 Å². The molecule has 0 saturated carbocycles. The van der Waals surface area contributed by atoms with Gasteiger partial charge in [-0.25, -0.2) is 0 Å². The van der Waals surface area contributed by atoms with E-state index in [4.69, 9.17) is 4.74 Å². The first-order chi connectivity index (χ1) is 12.2. The average Bonchev–Trinajstić information content (AvgIpc) is 2.58. The van der Waals surface area contributed by atoms with Crippen molar-refractivity contribution in [1.29, 1.82) is 0 Å². The predicted molar refractivity (Wildman–Crippen MR) is 108 cm³/mol. The summed E-state index contributed by atoms with van der Waals surface area (Å²) in [5.41, 5.74) is 0.234. The quantitative estimate of drug-likeness (QED) is 0.384. The lowest BCUT2D eigenvalue weighted by atomic mass is 9.93. The van der Waals surface area contributed by atoms with Crippen molar-refractivity contribution < 1.29 is 19.7 Å². The van der Waals surface area contributed by atoms with E-state index in [2.05, 4.69) is 25.0 Å². The number of benzene rings is 1. The summed E-state index contributed by atoms with van der Waals surface area (Å²) in [5.74, 6) is 0.645. The SMILES string of the molecule is CC(=O)NC(CO)(CO)CCCc1ccc(OCCC[Si](C)(C)C)cc1. The smallest absolute Gasteiger partial charge is 0.217 e. The van der Waals surface area contributed by atoms with Crippen LogP contribution >= 0.6 is 0 Å². The van der Waals surface area contributed by atoms with Gasteiger partial charge in [-0.1, -0.05) is 37.8 Å². The topological polar surface area (TPSA) is 78.8 Å². The molecule has 0 aromatic heterocycles. The molecule has 1 aromatic rings. The Bertz CT molecular complexity index is 536. The second kappa shape index (κ2) is 10.7. The molecule has 0 aliphatic heterocycles. The number of hydrogen-bond acceptors (Lipinski definition) is 4. The van der Waals surface area contributed by atoms with Crippen LogP contribution < -0.4 is 10.1 Å². The van der Waals surface area contributed by atoms with Gasteiger partial charge in [-0.15, -0.1) is 0 Å². The lowest BCUT2D eigenvalue weighted by Gasteiger charge is -2.30. The molecular formula is C20H35NO4Si. The Kier molecular flexibility index (Phi) is 9.33. The highest BCUT2D eigenvalue weighted by Crippen LogP contribution is 2.18. The highest BCUT2D eigenvalue weighted by atomic mass is 28.3. The zero-order valence-corrected chi connectivity index (χ0v) is 17.7. The number of nitrogens with one attached hydrogen (secondary N) is 1. The summed E-state index contributed by atoms with van der Waals surface area (Å²) in [6.07, 6.45) is 3.20. The number of rotatable bonds is 12. The van der Waals surface area contributed by atoms with E-state index in [0.29, 0.717) is 6.42 Å². The molecule has 0 aliphatic carbocycles. The van der Waals surface area contributed by atoms with Crippen LogP contribution in [0.1, 0.15) is 31.7 Å². The van der Waals surface area contributed by atoms with Crippen LogP contribution in [0.2, 0.25) is 25.7 Å². The zero-order chi connectivity index (χ0) is 19.6. The van der Waals surface area contributed by atoms with Crippen LogP contribution in [-0.4, -0.2) is 49.6 Å². The highest BCUT2D eigenvalue weighted by molar-refractivity contribution is 6.76. The third-order valence-electron chi connectivity index (χ3n) is 4.43. The van der Waals surface area contributed by atoms with Crippen LogP contribution in [0.3, 0.4) is 0 Å². The molecule has 148 valence electrons. The fourth-order valence-electron chi connectivity index (χ4n) is 2.90. The first kappa shape index (κ1) is 22.7. The minimum Gasteiger partial charge on any atom is -0.494 e. The Morgan fingerprint density at radius 1 is 1.12 bits per heavy atom. The summed E-state index contributed by atoms with van der Waals surface area (Å²) in [7, 11) is -0.994. The van der Waals surface area contributed by atoms with Crippen molar-refractivity contribution in [1.82, 2.24) is 5.32 Å². The fourth-order valence-corrected chi connectivity index (χ4v) is 4.10. The van der Waals surface area contributed by atoms with E-state index in [-0.39, 0.29) is 19.1 Å². The molecule has 0 bridgehead atoms. The summed E-state index contributed by atoms with van der Waals surface area (Å²) in [5, 5.41) is 21.7. The van der Waals surface area contributed by atoms with Crippen molar-refractivity contribution in [3.05, 3.63) is 29.8 Å². The van der Waals surface area contributed by atoms with E-state index in [9.17, 15) is 15.0 Å². The Labute approximate surface area is 158 Å². The molecule has 0 unspecified atom stereocenters. The number of carbonyl (C=O) groups excluding carboxylic acids is 1. The number of ether oxygens (including phenoxy) is 1. The molecule has 0 aliphatic rings. The standard InChI is InChI=1S/C20H35NO4Si/c1-17(24)21-20(15-22,16-23)12-5-7-18-8-10-19(11-9-18)25-13-6-14-26(2,3)4/h8-11,22-23H,5-7,12-16H2,1-4H3,(H,21,24). The van der Waals surface area contributed by atoms with Gasteiger partial charge in [0.15, 0.2) is 0 Å². The third-order valence-corrected chi connectivity index (χ3v) is 6.28. The molecule has 0 radical (unpaired) electrons. The molecular weight excluding hydrogens is 346 g/mol. The van der Waals surface area contributed by atoms with Crippen molar-refractivity contribution in [2.45, 2.75) is 63.8 Å². The maximum absolute atomic E-state index is 11.3. The fraction of sp³-hybridized carbons (Fsp3) is 0.650. The van der Waals surface area contributed by atoms with E-state index in [1.54, 1.807) is 0 Å². The second-order valence-corrected chi connectivity index (χ2v) is 13.9. The molecule has 26 heavy (non-hydrogen) atoms. The van der Waals surface area contributed by atoms with Crippen molar-refractivity contribution in [3.63, 3.8) is 0 Å². The van der Waals surface area contributed by atoms with Crippen LogP contribution in [0.25, 0.3) is 0 Å². The first-order valence-electron chi connectivity index (χ1n) is 9.42. The molecule has 0 heterocycles. The van der Waals surface area contributed by atoms with Crippen molar-refractivity contribution >= 4 is 14.0 Å². The van der Waals surface area contributed by atoms with E-state index >= 15 is 0 Å². The normalized spacial score (nSPS) is 12.1. The summed E-state index contributed by atoms with van der Waals surface area (Å²) in [6, 6.07) is 9.35. The summed E-state index contributed by atoms with van der Waals surface area (Å²) in [6.45, 7) is 8.72.